The lowest BCUT2D eigenvalue weighted by Crippen LogP contribution is -2.29. The number of anilines is 1. The molecule has 0 aliphatic heterocycles. The predicted molar refractivity (Wildman–Crippen MR) is 110 cm³/mol. The van der Waals surface area contributed by atoms with Crippen molar-refractivity contribution in [3.63, 3.8) is 0 Å². The van der Waals surface area contributed by atoms with E-state index in [4.69, 9.17) is 16.3 Å². The Morgan fingerprint density at radius 2 is 1.90 bits per heavy atom. The fourth-order valence-electron chi connectivity index (χ4n) is 2.42. The van der Waals surface area contributed by atoms with Crippen LogP contribution >= 0.6 is 27.5 Å². The highest BCUT2D eigenvalue weighted by atomic mass is 79.9. The second-order valence-electron chi connectivity index (χ2n) is 5.96. The number of rotatable bonds is 5. The van der Waals surface area contributed by atoms with Crippen LogP contribution in [-0.4, -0.2) is 22.2 Å². The molecule has 0 aliphatic rings. The number of ether oxygens (including phenoxy) is 1. The van der Waals surface area contributed by atoms with Gasteiger partial charge in [0.05, 0.1) is 16.6 Å². The predicted octanol–water partition coefficient (Wildman–Crippen LogP) is 5.07. The van der Waals surface area contributed by atoms with Crippen molar-refractivity contribution in [3.05, 3.63) is 75.0 Å². The largest absolute Gasteiger partial charge is 0.414 e. The number of nitrogens with one attached hydrogen (secondary N) is 3. The van der Waals surface area contributed by atoms with E-state index in [2.05, 4.69) is 36.8 Å². The van der Waals surface area contributed by atoms with Gasteiger partial charge in [0.15, 0.2) is 0 Å². The van der Waals surface area contributed by atoms with Crippen LogP contribution in [0.25, 0.3) is 0 Å². The minimum absolute atomic E-state index is 0.0664. The number of amides is 2. The van der Waals surface area contributed by atoms with Gasteiger partial charge in [-0.05, 0) is 52.7 Å². The standard InChI is InChI=1S/C19H15BrClFN4O3/c1-10(11-6-8-12(22)9-7-11)23-19(28)29-18-15(20)16(25-26-18)24-17(27)13-4-2-3-5-14(13)21/h2-10H,1H3,(H,23,28)(H2,24,25,26,27)/t10-/m1/s1. The number of aromatic nitrogens is 2. The molecule has 0 radical (unpaired) electrons. The first-order valence-corrected chi connectivity index (χ1v) is 9.56. The Morgan fingerprint density at radius 3 is 2.59 bits per heavy atom. The maximum Gasteiger partial charge on any atom is 0.414 e. The first-order chi connectivity index (χ1) is 13.8. The second kappa shape index (κ2) is 9.06. The van der Waals surface area contributed by atoms with Crippen molar-refractivity contribution in [1.29, 1.82) is 0 Å². The van der Waals surface area contributed by atoms with Crippen LogP contribution < -0.4 is 15.4 Å². The first-order valence-electron chi connectivity index (χ1n) is 8.38. The zero-order valence-corrected chi connectivity index (χ0v) is 17.3. The summed E-state index contributed by atoms with van der Waals surface area (Å²) in [5.74, 6) is -0.691. The minimum atomic E-state index is -0.766. The van der Waals surface area contributed by atoms with E-state index < -0.39 is 18.0 Å². The van der Waals surface area contributed by atoms with Gasteiger partial charge in [0.25, 0.3) is 11.8 Å². The zero-order valence-electron chi connectivity index (χ0n) is 15.0. The van der Waals surface area contributed by atoms with Gasteiger partial charge in [0, 0.05) is 0 Å². The molecule has 0 bridgehead atoms. The summed E-state index contributed by atoms with van der Waals surface area (Å²) in [5, 5.41) is 11.9. The summed E-state index contributed by atoms with van der Waals surface area (Å²) in [7, 11) is 0. The van der Waals surface area contributed by atoms with Crippen molar-refractivity contribution in [2.24, 2.45) is 0 Å². The molecule has 1 atom stereocenters. The molecule has 0 aliphatic carbocycles. The number of aromatic amines is 1. The van der Waals surface area contributed by atoms with Crippen molar-refractivity contribution in [2.75, 3.05) is 5.32 Å². The van der Waals surface area contributed by atoms with E-state index in [0.29, 0.717) is 10.6 Å². The van der Waals surface area contributed by atoms with Gasteiger partial charge in [0.1, 0.15) is 16.1 Å². The van der Waals surface area contributed by atoms with Crippen LogP contribution in [0, 0.1) is 5.82 Å². The Hall–Kier alpha value is -2.91. The van der Waals surface area contributed by atoms with Gasteiger partial charge >= 0.3 is 6.09 Å². The molecule has 0 unspecified atom stereocenters. The van der Waals surface area contributed by atoms with Gasteiger partial charge in [-0.2, -0.15) is 0 Å². The molecular weight excluding hydrogens is 467 g/mol. The van der Waals surface area contributed by atoms with E-state index in [0.717, 1.165) is 0 Å². The number of hydrogen-bond donors (Lipinski definition) is 3. The molecule has 10 heteroatoms. The quantitative estimate of drug-likeness (QED) is 0.474. The van der Waals surface area contributed by atoms with Crippen molar-refractivity contribution in [3.8, 4) is 5.88 Å². The summed E-state index contributed by atoms with van der Waals surface area (Å²) in [6.07, 6.45) is -0.766. The molecule has 7 nitrogen and oxygen atoms in total. The Bertz CT molecular complexity index is 1040. The zero-order chi connectivity index (χ0) is 21.0. The van der Waals surface area contributed by atoms with Crippen LogP contribution in [0.5, 0.6) is 5.88 Å². The number of nitrogens with zero attached hydrogens (tertiary/aromatic N) is 1. The Labute approximate surface area is 178 Å². The third-order valence-electron chi connectivity index (χ3n) is 3.93. The summed E-state index contributed by atoms with van der Waals surface area (Å²) < 4.78 is 18.4. The number of carbonyl (C=O) groups is 2. The average Bonchev–Trinajstić information content (AvgIpc) is 3.02. The number of benzene rings is 2. The minimum Gasteiger partial charge on any atom is -0.388 e. The molecule has 29 heavy (non-hydrogen) atoms. The highest BCUT2D eigenvalue weighted by Gasteiger charge is 2.20. The Morgan fingerprint density at radius 1 is 1.21 bits per heavy atom. The highest BCUT2D eigenvalue weighted by molar-refractivity contribution is 9.10. The first kappa shape index (κ1) is 20.8. The van der Waals surface area contributed by atoms with Crippen LogP contribution in [0.4, 0.5) is 15.0 Å². The van der Waals surface area contributed by atoms with Crippen LogP contribution in [-0.2, 0) is 0 Å². The SMILES string of the molecule is C[C@@H](NC(=O)Oc1n[nH]c(NC(=O)c2ccccc2Cl)c1Br)c1ccc(F)cc1. The van der Waals surface area contributed by atoms with Crippen molar-refractivity contribution in [1.82, 2.24) is 15.5 Å². The molecule has 0 saturated carbocycles. The van der Waals surface area contributed by atoms with Gasteiger partial charge in [-0.3, -0.25) is 9.89 Å². The highest BCUT2D eigenvalue weighted by Crippen LogP contribution is 2.30. The van der Waals surface area contributed by atoms with E-state index in [-0.39, 0.29) is 27.6 Å². The number of carbonyl (C=O) groups excluding carboxylic acids is 2. The lowest BCUT2D eigenvalue weighted by molar-refractivity contribution is 0.102. The summed E-state index contributed by atoms with van der Waals surface area (Å²) in [6, 6.07) is 11.9. The molecule has 3 aromatic rings. The molecule has 0 spiro atoms. The molecule has 0 fully saturated rings. The maximum atomic E-state index is 13.0. The molecule has 1 aromatic heterocycles. The topological polar surface area (TPSA) is 96.1 Å². The number of hydrogen-bond acceptors (Lipinski definition) is 4. The van der Waals surface area contributed by atoms with Gasteiger partial charge in [0.2, 0.25) is 0 Å². The fraction of sp³-hybridized carbons (Fsp3) is 0.105. The molecule has 1 heterocycles. The Kier molecular flexibility index (Phi) is 6.50. The van der Waals surface area contributed by atoms with E-state index >= 15 is 0 Å². The Balaban J connectivity index is 1.63. The molecular formula is C19H15BrClFN4O3. The van der Waals surface area contributed by atoms with Gasteiger partial charge in [-0.25, -0.2) is 9.18 Å². The monoisotopic (exact) mass is 480 g/mol. The summed E-state index contributed by atoms with van der Waals surface area (Å²) >= 11 is 9.24. The van der Waals surface area contributed by atoms with Gasteiger partial charge < -0.3 is 15.4 Å². The maximum absolute atomic E-state index is 13.0. The molecule has 150 valence electrons. The fourth-order valence-corrected chi connectivity index (χ4v) is 3.00. The third-order valence-corrected chi connectivity index (χ3v) is 4.99. The van der Waals surface area contributed by atoms with Crippen molar-refractivity contribution in [2.45, 2.75) is 13.0 Å². The van der Waals surface area contributed by atoms with E-state index in [1.54, 1.807) is 43.3 Å². The molecule has 2 aromatic carbocycles. The van der Waals surface area contributed by atoms with E-state index in [9.17, 15) is 14.0 Å². The molecule has 3 rings (SSSR count). The van der Waals surface area contributed by atoms with Crippen LogP contribution in [0.15, 0.2) is 53.0 Å². The van der Waals surface area contributed by atoms with Gasteiger partial charge in [-0.15, -0.1) is 5.10 Å². The number of halogens is 3. The third kappa shape index (κ3) is 5.12. The van der Waals surface area contributed by atoms with Crippen LogP contribution in [0.1, 0.15) is 28.9 Å². The second-order valence-corrected chi connectivity index (χ2v) is 7.16. The van der Waals surface area contributed by atoms with E-state index in [1.807, 2.05) is 0 Å². The van der Waals surface area contributed by atoms with E-state index in [1.165, 1.54) is 12.1 Å². The lowest BCUT2D eigenvalue weighted by Gasteiger charge is -2.13. The lowest BCUT2D eigenvalue weighted by atomic mass is 10.1. The molecule has 2 amide bonds. The average molecular weight is 482 g/mol. The van der Waals surface area contributed by atoms with Crippen LogP contribution in [0.3, 0.4) is 0 Å². The molecule has 0 saturated heterocycles. The van der Waals surface area contributed by atoms with Gasteiger partial charge in [-0.1, -0.05) is 35.9 Å². The smallest absolute Gasteiger partial charge is 0.388 e. The summed E-state index contributed by atoms with van der Waals surface area (Å²) in [5.41, 5.74) is 0.987. The normalized spacial score (nSPS) is 11.6. The summed E-state index contributed by atoms with van der Waals surface area (Å²) in [4.78, 5) is 24.5. The molecule has 3 N–H and O–H groups in total. The van der Waals surface area contributed by atoms with Crippen molar-refractivity contribution >= 4 is 45.3 Å². The summed E-state index contributed by atoms with van der Waals surface area (Å²) in [6.45, 7) is 1.73. The van der Waals surface area contributed by atoms with Crippen molar-refractivity contribution < 1.29 is 18.7 Å². The van der Waals surface area contributed by atoms with Crippen LogP contribution in [0.2, 0.25) is 5.02 Å². The number of H-pyrrole nitrogens is 1.